The number of nitrogens with zero attached hydrogens (tertiary/aromatic N) is 2. The summed E-state index contributed by atoms with van der Waals surface area (Å²) in [4.78, 5) is 10.6. The second kappa shape index (κ2) is 2.29. The van der Waals surface area contributed by atoms with Crippen LogP contribution in [0, 0.1) is 6.92 Å². The van der Waals surface area contributed by atoms with E-state index >= 15 is 0 Å². The monoisotopic (exact) mass is 134 g/mol. The SMILES string of the molecule is [B]C(=O)c1cn(C)nc1C. The van der Waals surface area contributed by atoms with E-state index in [0.717, 1.165) is 0 Å². The summed E-state index contributed by atoms with van der Waals surface area (Å²) in [5.41, 5.74) is 0.739. The van der Waals surface area contributed by atoms with Crippen LogP contribution < -0.4 is 0 Å². The third-order valence-electron chi connectivity index (χ3n) is 1.28. The first-order valence-electron chi connectivity index (χ1n) is 2.91. The minimum absolute atomic E-state index is 0.425. The molecule has 50 valence electrons. The van der Waals surface area contributed by atoms with Crippen molar-refractivity contribution in [1.82, 2.24) is 9.78 Å². The molecular formula is C6H7BN2O. The summed E-state index contributed by atoms with van der Waals surface area (Å²) in [5, 5.41) is 3.95. The number of carbonyl (C=O) groups is 1. The normalized spacial score (nSPS) is 9.80. The fourth-order valence-electron chi connectivity index (χ4n) is 0.842. The standard InChI is InChI=1S/C6H7BN2O/c1-4-5(6(7)10)3-9(2)8-4/h3H,1-2H3. The maximum atomic E-state index is 10.6. The van der Waals surface area contributed by atoms with Gasteiger partial charge in [0, 0.05) is 18.8 Å². The average molecular weight is 134 g/mol. The summed E-state index contributed by atoms with van der Waals surface area (Å²) >= 11 is 0. The quantitative estimate of drug-likeness (QED) is 0.508. The zero-order valence-corrected chi connectivity index (χ0v) is 5.96. The Hall–Kier alpha value is -1.06. The van der Waals surface area contributed by atoms with E-state index in [-0.39, 0.29) is 0 Å². The molecule has 0 bridgehead atoms. The van der Waals surface area contributed by atoms with Crippen molar-refractivity contribution in [3.63, 3.8) is 0 Å². The molecule has 0 aliphatic heterocycles. The lowest BCUT2D eigenvalue weighted by Crippen LogP contribution is -1.96. The topological polar surface area (TPSA) is 34.9 Å². The van der Waals surface area contributed by atoms with Gasteiger partial charge in [-0.3, -0.25) is 4.68 Å². The summed E-state index contributed by atoms with van der Waals surface area (Å²) in [7, 11) is 6.79. The molecule has 0 N–H and O–H groups in total. The molecule has 0 aromatic carbocycles. The van der Waals surface area contributed by atoms with Crippen molar-refractivity contribution in [3.05, 3.63) is 17.5 Å². The highest BCUT2D eigenvalue weighted by Crippen LogP contribution is 2.02. The lowest BCUT2D eigenvalue weighted by atomic mass is 9.96. The van der Waals surface area contributed by atoms with Crippen LogP contribution in [0.1, 0.15) is 16.1 Å². The van der Waals surface area contributed by atoms with Gasteiger partial charge in [-0.15, -0.1) is 0 Å². The molecule has 1 heterocycles. The van der Waals surface area contributed by atoms with Crippen molar-refractivity contribution in [1.29, 1.82) is 0 Å². The van der Waals surface area contributed by atoms with Crippen LogP contribution in [-0.2, 0) is 7.05 Å². The Labute approximate surface area is 60.4 Å². The van der Waals surface area contributed by atoms with E-state index in [1.807, 2.05) is 0 Å². The summed E-state index contributed by atoms with van der Waals surface area (Å²) < 4.78 is 1.56. The van der Waals surface area contributed by atoms with Gasteiger partial charge in [0.05, 0.1) is 5.69 Å². The number of aromatic nitrogens is 2. The van der Waals surface area contributed by atoms with Crippen molar-refractivity contribution in [2.24, 2.45) is 7.05 Å². The maximum Gasteiger partial charge on any atom is 0.175 e. The van der Waals surface area contributed by atoms with E-state index in [1.54, 1.807) is 24.9 Å². The summed E-state index contributed by atoms with van der Waals surface area (Å²) in [6, 6.07) is 0. The van der Waals surface area contributed by atoms with Gasteiger partial charge in [0.2, 0.25) is 0 Å². The largest absolute Gasteiger partial charge is 0.307 e. The van der Waals surface area contributed by atoms with Crippen LogP contribution in [0.5, 0.6) is 0 Å². The molecule has 0 saturated heterocycles. The molecule has 0 aliphatic carbocycles. The second-order valence-corrected chi connectivity index (χ2v) is 2.17. The van der Waals surface area contributed by atoms with E-state index in [2.05, 4.69) is 5.10 Å². The smallest absolute Gasteiger partial charge is 0.175 e. The summed E-state index contributed by atoms with van der Waals surface area (Å²) in [6.45, 7) is 1.75. The Morgan fingerprint density at radius 3 is 2.60 bits per heavy atom. The number of hydrogen-bond donors (Lipinski definition) is 0. The van der Waals surface area contributed by atoms with Crippen LogP contribution in [0.4, 0.5) is 0 Å². The van der Waals surface area contributed by atoms with Gasteiger partial charge in [-0.05, 0) is 6.92 Å². The van der Waals surface area contributed by atoms with Gasteiger partial charge < -0.3 is 4.79 Å². The Morgan fingerprint density at radius 2 is 2.40 bits per heavy atom. The van der Waals surface area contributed by atoms with Gasteiger partial charge >= 0.3 is 0 Å². The van der Waals surface area contributed by atoms with Gasteiger partial charge in [-0.25, -0.2) is 0 Å². The Morgan fingerprint density at radius 1 is 1.80 bits per heavy atom. The lowest BCUT2D eigenvalue weighted by molar-refractivity contribution is 0.108. The second-order valence-electron chi connectivity index (χ2n) is 2.17. The molecule has 1 rings (SSSR count). The van der Waals surface area contributed by atoms with Gasteiger partial charge in [-0.2, -0.15) is 5.10 Å². The molecule has 0 atom stereocenters. The molecule has 0 amide bonds. The van der Waals surface area contributed by atoms with Gasteiger partial charge in [0.15, 0.2) is 7.85 Å². The molecular weight excluding hydrogens is 127 g/mol. The highest BCUT2D eigenvalue weighted by Gasteiger charge is 2.05. The van der Waals surface area contributed by atoms with Gasteiger partial charge in [-0.1, -0.05) is 0 Å². The first-order chi connectivity index (χ1) is 4.61. The van der Waals surface area contributed by atoms with E-state index in [0.29, 0.717) is 11.3 Å². The molecule has 4 heteroatoms. The van der Waals surface area contributed by atoms with E-state index < -0.39 is 5.68 Å². The highest BCUT2D eigenvalue weighted by atomic mass is 16.1. The highest BCUT2D eigenvalue weighted by molar-refractivity contribution is 6.62. The third kappa shape index (κ3) is 1.10. The first-order valence-corrected chi connectivity index (χ1v) is 2.91. The van der Waals surface area contributed by atoms with Gasteiger partial charge in [0.1, 0.15) is 5.68 Å². The first kappa shape index (κ1) is 7.06. The zero-order valence-electron chi connectivity index (χ0n) is 5.96. The van der Waals surface area contributed by atoms with E-state index in [9.17, 15) is 4.79 Å². The summed E-state index contributed by atoms with van der Waals surface area (Å²) in [5.74, 6) is 0. The third-order valence-corrected chi connectivity index (χ3v) is 1.28. The Kier molecular flexibility index (Phi) is 1.61. The van der Waals surface area contributed by atoms with Crippen LogP contribution in [0.25, 0.3) is 0 Å². The van der Waals surface area contributed by atoms with E-state index in [4.69, 9.17) is 7.85 Å². The maximum absolute atomic E-state index is 10.6. The predicted molar refractivity (Wildman–Crippen MR) is 38.0 cm³/mol. The Bertz CT molecular complexity index is 267. The van der Waals surface area contributed by atoms with Crippen LogP contribution >= 0.6 is 0 Å². The van der Waals surface area contributed by atoms with E-state index in [1.165, 1.54) is 0 Å². The van der Waals surface area contributed by atoms with Crippen molar-refractivity contribution in [2.45, 2.75) is 6.92 Å². The van der Waals surface area contributed by atoms with Crippen LogP contribution in [0.2, 0.25) is 0 Å². The van der Waals surface area contributed by atoms with Crippen LogP contribution in [0.15, 0.2) is 6.20 Å². The van der Waals surface area contributed by atoms with Crippen molar-refractivity contribution >= 4 is 13.5 Å². The molecule has 2 radical (unpaired) electrons. The van der Waals surface area contributed by atoms with Gasteiger partial charge in [0.25, 0.3) is 0 Å². The molecule has 1 aromatic rings. The number of carbonyl (C=O) groups excluding carboxylic acids is 1. The Balaban J connectivity index is 3.15. The van der Waals surface area contributed by atoms with Crippen LogP contribution in [-0.4, -0.2) is 23.3 Å². The van der Waals surface area contributed by atoms with Crippen molar-refractivity contribution in [2.75, 3.05) is 0 Å². The summed E-state index contributed by atoms with van der Waals surface area (Å²) in [6.07, 6.45) is 1.61. The molecule has 0 unspecified atom stereocenters. The average Bonchev–Trinajstić information content (AvgIpc) is 2.10. The molecule has 3 nitrogen and oxygen atoms in total. The fourth-order valence-corrected chi connectivity index (χ4v) is 0.842. The minimum Gasteiger partial charge on any atom is -0.307 e. The predicted octanol–water partition coefficient (Wildman–Crippen LogP) is 0.0372. The number of rotatable bonds is 1. The molecule has 0 aliphatic rings. The number of aryl methyl sites for hydroxylation is 2. The zero-order chi connectivity index (χ0) is 7.72. The van der Waals surface area contributed by atoms with Crippen molar-refractivity contribution < 1.29 is 4.79 Å². The minimum atomic E-state index is -0.425. The van der Waals surface area contributed by atoms with Crippen molar-refractivity contribution in [3.8, 4) is 0 Å². The fraction of sp³-hybridized carbons (Fsp3) is 0.333. The van der Waals surface area contributed by atoms with Crippen LogP contribution in [0.3, 0.4) is 0 Å². The molecule has 0 saturated carbocycles. The molecule has 0 spiro atoms. The molecule has 10 heavy (non-hydrogen) atoms. The lowest BCUT2D eigenvalue weighted by Gasteiger charge is -1.86. The molecule has 0 fully saturated rings. The molecule has 1 aromatic heterocycles. The number of hydrogen-bond acceptors (Lipinski definition) is 2.